The summed E-state index contributed by atoms with van der Waals surface area (Å²) in [5.74, 6) is -0.655. The maximum Gasteiger partial charge on any atom is 0.371 e. The molecule has 0 spiro atoms. The molecule has 0 fully saturated rings. The van der Waals surface area contributed by atoms with Gasteiger partial charge in [0.25, 0.3) is 0 Å². The first kappa shape index (κ1) is 16.1. The van der Waals surface area contributed by atoms with Gasteiger partial charge in [0, 0.05) is 6.07 Å². The van der Waals surface area contributed by atoms with Gasteiger partial charge in [-0.05, 0) is 43.4 Å². The molecule has 1 heterocycles. The Bertz CT molecular complexity index is 771. The predicted octanol–water partition coefficient (Wildman–Crippen LogP) is 3.53. The van der Waals surface area contributed by atoms with Crippen LogP contribution in [0.4, 0.5) is 0 Å². The van der Waals surface area contributed by atoms with Gasteiger partial charge in [-0.15, -0.1) is 0 Å². The van der Waals surface area contributed by atoms with Gasteiger partial charge >= 0.3 is 5.97 Å². The number of aromatic carboxylic acids is 1. The quantitative estimate of drug-likeness (QED) is 0.914. The van der Waals surface area contributed by atoms with Crippen LogP contribution in [0.5, 0.6) is 5.75 Å². The van der Waals surface area contributed by atoms with Crippen molar-refractivity contribution in [3.63, 3.8) is 0 Å². The largest absolute Gasteiger partial charge is 0.492 e. The summed E-state index contributed by atoms with van der Waals surface area (Å²) >= 11 is 0. The lowest BCUT2D eigenvalue weighted by molar-refractivity contribution is 0.0663. The Morgan fingerprint density at radius 3 is 2.55 bits per heavy atom. The number of benzene rings is 1. The smallest absolute Gasteiger partial charge is 0.371 e. The first-order chi connectivity index (χ1) is 10.3. The Morgan fingerprint density at radius 1 is 1.27 bits per heavy atom. The average molecular weight is 304 g/mol. The lowest BCUT2D eigenvalue weighted by Gasteiger charge is -2.14. The molecule has 5 heteroatoms. The van der Waals surface area contributed by atoms with Crippen LogP contribution >= 0.6 is 0 Å². The minimum atomic E-state index is -1.26. The molecule has 0 aliphatic carbocycles. The van der Waals surface area contributed by atoms with Gasteiger partial charge in [0.15, 0.2) is 5.43 Å². The van der Waals surface area contributed by atoms with Crippen LogP contribution in [0.2, 0.25) is 0 Å². The van der Waals surface area contributed by atoms with E-state index in [9.17, 15) is 9.59 Å². The molecule has 2 aromatic rings. The average Bonchev–Trinajstić information content (AvgIpc) is 2.41. The highest BCUT2D eigenvalue weighted by Crippen LogP contribution is 2.30. The first-order valence-corrected chi connectivity index (χ1v) is 7.25. The molecule has 5 nitrogen and oxygen atoms in total. The third-order valence-corrected chi connectivity index (χ3v) is 3.48. The third kappa shape index (κ3) is 3.13. The summed E-state index contributed by atoms with van der Waals surface area (Å²) in [6, 6.07) is 2.83. The van der Waals surface area contributed by atoms with Crippen molar-refractivity contribution in [3.8, 4) is 5.75 Å². The molecule has 0 amide bonds. The van der Waals surface area contributed by atoms with Gasteiger partial charge < -0.3 is 14.3 Å². The number of carbonyl (C=O) groups is 1. The fourth-order valence-corrected chi connectivity index (χ4v) is 2.33. The summed E-state index contributed by atoms with van der Waals surface area (Å²) in [5.41, 5.74) is 1.42. The monoisotopic (exact) mass is 304 g/mol. The van der Waals surface area contributed by atoms with Crippen LogP contribution in [0.25, 0.3) is 11.0 Å². The highest BCUT2D eigenvalue weighted by Gasteiger charge is 2.18. The van der Waals surface area contributed by atoms with Crippen molar-refractivity contribution in [2.75, 3.05) is 6.61 Å². The van der Waals surface area contributed by atoms with E-state index in [1.165, 1.54) is 0 Å². The number of carboxylic acids is 1. The zero-order chi connectivity index (χ0) is 16.4. The molecular formula is C17H20O5. The van der Waals surface area contributed by atoms with Crippen molar-refractivity contribution in [2.24, 2.45) is 5.92 Å². The molecule has 1 aromatic carbocycles. The van der Waals surface area contributed by atoms with Crippen molar-refractivity contribution >= 4 is 16.9 Å². The molecule has 1 aromatic heterocycles. The van der Waals surface area contributed by atoms with E-state index in [-0.39, 0.29) is 11.3 Å². The highest BCUT2D eigenvalue weighted by molar-refractivity contribution is 5.91. The van der Waals surface area contributed by atoms with Crippen molar-refractivity contribution < 1.29 is 19.1 Å². The fraction of sp³-hybridized carbons (Fsp3) is 0.412. The van der Waals surface area contributed by atoms with Crippen LogP contribution in [0.3, 0.4) is 0 Å². The van der Waals surface area contributed by atoms with Crippen LogP contribution in [0.1, 0.15) is 41.9 Å². The van der Waals surface area contributed by atoms with E-state index in [0.29, 0.717) is 29.2 Å². The molecule has 0 bridgehead atoms. The highest BCUT2D eigenvalue weighted by atomic mass is 16.5. The number of fused-ring (bicyclic) bond motifs is 1. The minimum absolute atomic E-state index is 0.273. The lowest BCUT2D eigenvalue weighted by Crippen LogP contribution is -2.11. The Labute approximate surface area is 128 Å². The Kier molecular flexibility index (Phi) is 4.54. The molecule has 0 aliphatic rings. The van der Waals surface area contributed by atoms with Gasteiger partial charge in [-0.2, -0.15) is 0 Å². The SMILES string of the molecule is Cc1cc(C)c2oc(C(=O)O)cc(=O)c2c1OCCC(C)C. The topological polar surface area (TPSA) is 76.7 Å². The van der Waals surface area contributed by atoms with Gasteiger partial charge in [-0.25, -0.2) is 4.79 Å². The molecule has 0 saturated heterocycles. The summed E-state index contributed by atoms with van der Waals surface area (Å²) in [6.45, 7) is 8.33. The van der Waals surface area contributed by atoms with Gasteiger partial charge in [0.1, 0.15) is 16.7 Å². The number of rotatable bonds is 5. The molecule has 2 rings (SSSR count). The number of hydrogen-bond donors (Lipinski definition) is 1. The first-order valence-electron chi connectivity index (χ1n) is 7.25. The van der Waals surface area contributed by atoms with Crippen LogP contribution in [0.15, 0.2) is 21.3 Å². The molecule has 0 unspecified atom stereocenters. The van der Waals surface area contributed by atoms with Gasteiger partial charge in [0.05, 0.1) is 6.61 Å². The predicted molar refractivity (Wildman–Crippen MR) is 83.9 cm³/mol. The second-order valence-corrected chi connectivity index (χ2v) is 5.85. The van der Waals surface area contributed by atoms with Crippen molar-refractivity contribution in [3.05, 3.63) is 39.2 Å². The molecule has 22 heavy (non-hydrogen) atoms. The summed E-state index contributed by atoms with van der Waals surface area (Å²) in [5, 5.41) is 9.33. The number of aryl methyl sites for hydroxylation is 2. The number of carboxylic acid groups (broad SMARTS) is 1. The van der Waals surface area contributed by atoms with E-state index in [1.54, 1.807) is 6.92 Å². The van der Waals surface area contributed by atoms with E-state index < -0.39 is 11.4 Å². The van der Waals surface area contributed by atoms with Gasteiger partial charge in [-0.3, -0.25) is 4.79 Å². The summed E-state index contributed by atoms with van der Waals surface area (Å²) in [4.78, 5) is 23.4. The van der Waals surface area contributed by atoms with E-state index in [4.69, 9.17) is 14.3 Å². The molecule has 1 N–H and O–H groups in total. The van der Waals surface area contributed by atoms with Crippen molar-refractivity contribution in [1.82, 2.24) is 0 Å². The third-order valence-electron chi connectivity index (χ3n) is 3.48. The molecule has 0 radical (unpaired) electrons. The molecule has 0 saturated carbocycles. The maximum atomic E-state index is 12.3. The van der Waals surface area contributed by atoms with Crippen molar-refractivity contribution in [2.45, 2.75) is 34.1 Å². The lowest BCUT2D eigenvalue weighted by atomic mass is 10.1. The molecular weight excluding hydrogens is 284 g/mol. The normalized spacial score (nSPS) is 11.1. The number of hydrogen-bond acceptors (Lipinski definition) is 4. The van der Waals surface area contributed by atoms with E-state index >= 15 is 0 Å². The molecule has 0 atom stereocenters. The van der Waals surface area contributed by atoms with Crippen LogP contribution in [-0.2, 0) is 0 Å². The molecule has 0 aliphatic heterocycles. The zero-order valence-corrected chi connectivity index (χ0v) is 13.2. The Morgan fingerprint density at radius 2 is 1.95 bits per heavy atom. The Hall–Kier alpha value is -2.30. The van der Waals surface area contributed by atoms with Crippen LogP contribution in [-0.4, -0.2) is 17.7 Å². The zero-order valence-electron chi connectivity index (χ0n) is 13.2. The van der Waals surface area contributed by atoms with E-state index in [0.717, 1.165) is 18.1 Å². The Balaban J connectivity index is 2.61. The molecule has 118 valence electrons. The van der Waals surface area contributed by atoms with Crippen LogP contribution in [0, 0.1) is 19.8 Å². The summed E-state index contributed by atoms with van der Waals surface area (Å²) in [7, 11) is 0. The van der Waals surface area contributed by atoms with Gasteiger partial charge in [0.2, 0.25) is 5.76 Å². The number of ether oxygens (including phenoxy) is 1. The van der Waals surface area contributed by atoms with Crippen LogP contribution < -0.4 is 10.2 Å². The fourth-order valence-electron chi connectivity index (χ4n) is 2.33. The second-order valence-electron chi connectivity index (χ2n) is 5.85. The summed E-state index contributed by atoms with van der Waals surface area (Å²) in [6.07, 6.45) is 0.868. The van der Waals surface area contributed by atoms with E-state index in [2.05, 4.69) is 13.8 Å². The standard InChI is InChI=1S/C17H20O5/c1-9(2)5-6-21-15-10(3)7-11(4)16-14(15)12(18)8-13(22-16)17(19)20/h7-9H,5-6H2,1-4H3,(H,19,20). The minimum Gasteiger partial charge on any atom is -0.492 e. The van der Waals surface area contributed by atoms with E-state index in [1.807, 2.05) is 13.0 Å². The van der Waals surface area contributed by atoms with Crippen molar-refractivity contribution in [1.29, 1.82) is 0 Å². The van der Waals surface area contributed by atoms with Gasteiger partial charge in [-0.1, -0.05) is 13.8 Å². The maximum absolute atomic E-state index is 12.3. The summed E-state index contributed by atoms with van der Waals surface area (Å²) < 4.78 is 11.2. The second kappa shape index (κ2) is 6.22.